The molecule has 136 valence electrons. The van der Waals surface area contributed by atoms with E-state index in [-0.39, 0.29) is 11.2 Å². The van der Waals surface area contributed by atoms with Crippen LogP contribution in [0.2, 0.25) is 0 Å². The Balaban J connectivity index is 1.33. The number of carbonyl (C=O) groups excluding carboxylic acids is 1. The highest BCUT2D eigenvalue weighted by Crippen LogP contribution is 2.55. The zero-order valence-corrected chi connectivity index (χ0v) is 15.5. The molecule has 1 saturated carbocycles. The van der Waals surface area contributed by atoms with Crippen LogP contribution in [0.1, 0.15) is 58.3 Å². The molecule has 2 aliphatic carbocycles. The van der Waals surface area contributed by atoms with Crippen LogP contribution in [0.4, 0.5) is 0 Å². The maximum atomic E-state index is 12.5. The summed E-state index contributed by atoms with van der Waals surface area (Å²) in [6.45, 7) is 1.96. The fourth-order valence-corrected chi connectivity index (χ4v) is 7.78. The van der Waals surface area contributed by atoms with Crippen molar-refractivity contribution >= 4 is 15.8 Å². The predicted octanol–water partition coefficient (Wildman–Crippen LogP) is 3.52. The van der Waals surface area contributed by atoms with Crippen molar-refractivity contribution < 1.29 is 17.9 Å². The van der Waals surface area contributed by atoms with Crippen LogP contribution >= 0.6 is 0 Å². The lowest BCUT2D eigenvalue weighted by Crippen LogP contribution is -2.27. The first-order valence-corrected chi connectivity index (χ1v) is 11.2. The molecule has 0 N–H and O–H groups in total. The molecule has 5 atom stereocenters. The van der Waals surface area contributed by atoms with E-state index in [1.165, 1.54) is 13.3 Å². The monoisotopic (exact) mass is 354 g/mol. The molecule has 0 aromatic heterocycles. The Labute approximate surface area is 146 Å². The molecule has 0 radical (unpaired) electrons. The number of fused-ring (bicyclic) bond motifs is 5. The second kappa shape index (κ2) is 7.59. The van der Waals surface area contributed by atoms with Gasteiger partial charge in [0.15, 0.2) is 9.84 Å². The summed E-state index contributed by atoms with van der Waals surface area (Å²) < 4.78 is 29.9. The highest BCUT2D eigenvalue weighted by molar-refractivity contribution is 7.92. The third-order valence-corrected chi connectivity index (χ3v) is 8.51. The van der Waals surface area contributed by atoms with E-state index in [0.717, 1.165) is 44.9 Å². The molecule has 4 unspecified atom stereocenters. The summed E-state index contributed by atoms with van der Waals surface area (Å²) >= 11 is 0. The lowest BCUT2D eigenvalue weighted by molar-refractivity contribution is -0.141. The summed E-state index contributed by atoms with van der Waals surface area (Å²) in [5.74, 6) is 2.12. The molecule has 1 aliphatic heterocycles. The van der Waals surface area contributed by atoms with Crippen LogP contribution in [0.3, 0.4) is 0 Å². The molecular formula is C19H30O4S. The van der Waals surface area contributed by atoms with Gasteiger partial charge in [-0.3, -0.25) is 4.79 Å². The van der Waals surface area contributed by atoms with Gasteiger partial charge in [-0.2, -0.15) is 0 Å². The second-order valence-corrected chi connectivity index (χ2v) is 10.1. The van der Waals surface area contributed by atoms with Gasteiger partial charge in [0.2, 0.25) is 0 Å². The van der Waals surface area contributed by atoms with E-state index in [0.29, 0.717) is 36.0 Å². The highest BCUT2D eigenvalue weighted by Gasteiger charge is 2.57. The summed E-state index contributed by atoms with van der Waals surface area (Å²) in [5.41, 5.74) is 0. The van der Waals surface area contributed by atoms with E-state index < -0.39 is 9.84 Å². The third-order valence-electron chi connectivity index (χ3n) is 6.19. The fourth-order valence-electron chi connectivity index (χ4n) is 5.12. The van der Waals surface area contributed by atoms with Crippen molar-refractivity contribution in [2.45, 2.75) is 63.5 Å². The molecule has 1 heterocycles. The molecule has 0 aromatic rings. The van der Waals surface area contributed by atoms with E-state index in [4.69, 9.17) is 4.74 Å². The first-order chi connectivity index (χ1) is 11.5. The third kappa shape index (κ3) is 3.87. The first kappa shape index (κ1) is 18.0. The highest BCUT2D eigenvalue weighted by atomic mass is 32.2. The molecule has 3 rings (SSSR count). The Bertz CT molecular complexity index is 580. The second-order valence-electron chi connectivity index (χ2n) is 7.81. The molecule has 0 aromatic carbocycles. The largest absolute Gasteiger partial charge is 0.466 e. The number of hydrogen-bond donors (Lipinski definition) is 0. The van der Waals surface area contributed by atoms with Crippen molar-refractivity contribution in [3.63, 3.8) is 0 Å². The summed E-state index contributed by atoms with van der Waals surface area (Å²) in [5, 5.41) is -0.0774. The Morgan fingerprint density at radius 3 is 2.46 bits per heavy atom. The summed E-state index contributed by atoms with van der Waals surface area (Å²) in [7, 11) is -2.87. The van der Waals surface area contributed by atoms with Crippen LogP contribution in [0.15, 0.2) is 12.2 Å². The zero-order chi connectivity index (χ0) is 17.2. The maximum Gasteiger partial charge on any atom is 0.302 e. The van der Waals surface area contributed by atoms with Gasteiger partial charge in [-0.15, -0.1) is 0 Å². The van der Waals surface area contributed by atoms with E-state index in [1.54, 1.807) is 0 Å². The predicted molar refractivity (Wildman–Crippen MR) is 94.2 cm³/mol. The van der Waals surface area contributed by atoms with Crippen LogP contribution in [-0.4, -0.2) is 32.0 Å². The van der Waals surface area contributed by atoms with Crippen molar-refractivity contribution in [2.24, 2.45) is 23.7 Å². The van der Waals surface area contributed by atoms with Crippen molar-refractivity contribution in [1.82, 2.24) is 0 Å². The Morgan fingerprint density at radius 1 is 1.04 bits per heavy atom. The number of esters is 1. The topological polar surface area (TPSA) is 60.4 Å². The van der Waals surface area contributed by atoms with Crippen molar-refractivity contribution in [1.29, 1.82) is 0 Å². The number of hydrogen-bond acceptors (Lipinski definition) is 4. The Kier molecular flexibility index (Phi) is 5.68. The number of ether oxygens (including phenoxy) is 1. The Hall–Kier alpha value is -0.840. The minimum Gasteiger partial charge on any atom is -0.466 e. The lowest BCUT2D eigenvalue weighted by atomic mass is 9.81. The lowest BCUT2D eigenvalue weighted by Gasteiger charge is -2.24. The molecule has 24 heavy (non-hydrogen) atoms. The maximum absolute atomic E-state index is 12.5. The van der Waals surface area contributed by atoms with E-state index in [1.807, 2.05) is 0 Å². The van der Waals surface area contributed by atoms with E-state index in [2.05, 4.69) is 12.2 Å². The van der Waals surface area contributed by atoms with Gasteiger partial charge in [0.1, 0.15) is 0 Å². The molecule has 1 saturated heterocycles. The molecule has 5 heteroatoms. The average molecular weight is 355 g/mol. The van der Waals surface area contributed by atoms with E-state index >= 15 is 0 Å². The van der Waals surface area contributed by atoms with Crippen LogP contribution in [-0.2, 0) is 19.4 Å². The molecular weight excluding hydrogens is 324 g/mol. The minimum atomic E-state index is -2.87. The zero-order valence-electron chi connectivity index (χ0n) is 14.7. The minimum absolute atomic E-state index is 0.0774. The Morgan fingerprint density at radius 2 is 1.71 bits per heavy atom. The molecule has 0 spiro atoms. The van der Waals surface area contributed by atoms with Gasteiger partial charge in [-0.05, 0) is 42.9 Å². The van der Waals surface area contributed by atoms with Gasteiger partial charge in [0.25, 0.3) is 0 Å². The first-order valence-electron chi connectivity index (χ1n) is 9.52. The van der Waals surface area contributed by atoms with Gasteiger partial charge in [0, 0.05) is 6.92 Å². The number of sulfone groups is 1. The molecule has 2 fully saturated rings. The summed E-state index contributed by atoms with van der Waals surface area (Å²) in [6.07, 6.45) is 13.0. The smallest absolute Gasteiger partial charge is 0.302 e. The number of allylic oxidation sites excluding steroid dienone is 2. The van der Waals surface area contributed by atoms with Gasteiger partial charge in [-0.25, -0.2) is 8.42 Å². The van der Waals surface area contributed by atoms with Gasteiger partial charge in [0.05, 0.1) is 17.6 Å². The quantitative estimate of drug-likeness (QED) is 0.361. The molecule has 0 amide bonds. The average Bonchev–Trinajstić information content (AvgIpc) is 3.16. The molecule has 2 bridgehead atoms. The van der Waals surface area contributed by atoms with Gasteiger partial charge >= 0.3 is 5.97 Å². The van der Waals surface area contributed by atoms with Crippen LogP contribution in [0, 0.1) is 23.7 Å². The van der Waals surface area contributed by atoms with Crippen LogP contribution in [0.25, 0.3) is 0 Å². The van der Waals surface area contributed by atoms with Gasteiger partial charge in [-0.1, -0.05) is 44.3 Å². The van der Waals surface area contributed by atoms with Crippen LogP contribution < -0.4 is 0 Å². The van der Waals surface area contributed by atoms with Crippen molar-refractivity contribution in [3.05, 3.63) is 12.2 Å². The summed E-state index contributed by atoms with van der Waals surface area (Å²) in [6, 6.07) is 0. The van der Waals surface area contributed by atoms with E-state index in [9.17, 15) is 13.2 Å². The number of rotatable bonds is 9. The SMILES string of the molecule is CC(=O)OCCCCCCCC[C@H]1C2C3C=CC(C3)C2CS1(=O)=O. The normalized spacial score (nSPS) is 35.3. The van der Waals surface area contributed by atoms with Gasteiger partial charge < -0.3 is 4.74 Å². The number of carbonyl (C=O) groups is 1. The molecule has 4 nitrogen and oxygen atoms in total. The standard InChI is InChI=1S/C19H30O4S/c1-14(20)23-11-7-5-3-2-4-6-8-18-19-16-10-9-15(12-16)17(19)13-24(18,21)22/h9-10,15-19H,2-8,11-13H2,1H3/t15?,16?,17?,18-,19?/m0/s1. The van der Waals surface area contributed by atoms with Crippen molar-refractivity contribution in [2.75, 3.05) is 12.4 Å². The number of unbranched alkanes of at least 4 members (excludes halogenated alkanes) is 5. The van der Waals surface area contributed by atoms with Crippen LogP contribution in [0.5, 0.6) is 0 Å². The molecule has 3 aliphatic rings. The van der Waals surface area contributed by atoms with Crippen molar-refractivity contribution in [3.8, 4) is 0 Å². The fraction of sp³-hybridized carbons (Fsp3) is 0.842. The summed E-state index contributed by atoms with van der Waals surface area (Å²) in [4.78, 5) is 10.6.